The average molecular weight is 425 g/mol. The molecule has 3 aliphatic heterocycles. The Morgan fingerprint density at radius 1 is 1.03 bits per heavy atom. The molecule has 3 fully saturated rings. The van der Waals surface area contributed by atoms with E-state index >= 15 is 0 Å². The van der Waals surface area contributed by atoms with Crippen LogP contribution in [-0.4, -0.2) is 42.5 Å². The van der Waals surface area contributed by atoms with Crippen molar-refractivity contribution in [2.45, 2.75) is 64.8 Å². The molecule has 1 saturated carbocycles. The number of carbonyl (C=O) groups is 3. The molecule has 0 aromatic heterocycles. The van der Waals surface area contributed by atoms with E-state index in [0.29, 0.717) is 5.57 Å². The zero-order valence-corrected chi connectivity index (χ0v) is 18.2. The lowest BCUT2D eigenvalue weighted by atomic mass is 9.76. The van der Waals surface area contributed by atoms with E-state index in [4.69, 9.17) is 14.3 Å². The summed E-state index contributed by atoms with van der Waals surface area (Å²) in [7, 11) is 0. The fraction of sp³-hybridized carbons (Fsp3) is 0.542. The lowest BCUT2D eigenvalue weighted by Crippen LogP contribution is -2.39. The second-order valence-electron chi connectivity index (χ2n) is 8.71. The van der Waals surface area contributed by atoms with Gasteiger partial charge in [0.1, 0.15) is 18.1 Å². The van der Waals surface area contributed by atoms with E-state index in [2.05, 4.69) is 31.5 Å². The second kappa shape index (κ2) is 7.28. The minimum atomic E-state index is -0.771. The Morgan fingerprint density at radius 2 is 1.68 bits per heavy atom. The van der Waals surface area contributed by atoms with Gasteiger partial charge >= 0.3 is 5.97 Å². The summed E-state index contributed by atoms with van der Waals surface area (Å²) in [6.07, 6.45) is -0.223. The first kappa shape index (κ1) is 20.4. The van der Waals surface area contributed by atoms with Gasteiger partial charge < -0.3 is 9.47 Å². The number of hydroxylamine groups is 1. The van der Waals surface area contributed by atoms with E-state index in [1.807, 2.05) is 6.92 Å². The molecule has 164 valence electrons. The molecule has 7 nitrogen and oxygen atoms in total. The average Bonchev–Trinajstić information content (AvgIpc) is 3.48. The van der Waals surface area contributed by atoms with Crippen LogP contribution in [-0.2, 0) is 41.5 Å². The van der Waals surface area contributed by atoms with Crippen LogP contribution in [0.5, 0.6) is 0 Å². The monoisotopic (exact) mass is 425 g/mol. The third kappa shape index (κ3) is 2.69. The molecule has 1 aromatic rings. The molecule has 0 spiro atoms. The molecule has 0 radical (unpaired) electrons. The summed E-state index contributed by atoms with van der Waals surface area (Å²) < 4.78 is 11.2. The SMILES string of the molecule is CCOC(=O)C1=C2C(ON1)[C@H]1O[C@@H]2[C@@H]2C(=O)C(c3c(CC)cc(C)cc3CC)C(=O)[C@@H]21. The summed E-state index contributed by atoms with van der Waals surface area (Å²) in [5.41, 5.74) is 7.60. The fourth-order valence-corrected chi connectivity index (χ4v) is 5.94. The molecular formula is C24H27NO6. The molecule has 4 aliphatic rings. The molecule has 2 saturated heterocycles. The topological polar surface area (TPSA) is 90.9 Å². The highest BCUT2D eigenvalue weighted by atomic mass is 16.7. The summed E-state index contributed by atoms with van der Waals surface area (Å²) in [5.74, 6) is -2.61. The van der Waals surface area contributed by atoms with Gasteiger partial charge in [-0.1, -0.05) is 31.5 Å². The molecule has 3 heterocycles. The Balaban J connectivity index is 1.57. The highest BCUT2D eigenvalue weighted by Crippen LogP contribution is 2.57. The number of hydrogen-bond donors (Lipinski definition) is 1. The normalized spacial score (nSPS) is 33.0. The first-order valence-electron chi connectivity index (χ1n) is 11.1. The van der Waals surface area contributed by atoms with E-state index in [0.717, 1.165) is 35.1 Å². The third-order valence-corrected chi connectivity index (χ3v) is 7.11. The van der Waals surface area contributed by atoms with E-state index in [-0.39, 0.29) is 23.9 Å². The van der Waals surface area contributed by atoms with Crippen LogP contribution < -0.4 is 5.48 Å². The predicted molar refractivity (Wildman–Crippen MR) is 110 cm³/mol. The minimum absolute atomic E-state index is 0.0806. The van der Waals surface area contributed by atoms with Crippen molar-refractivity contribution in [2.24, 2.45) is 11.8 Å². The van der Waals surface area contributed by atoms with Gasteiger partial charge in [0.25, 0.3) is 0 Å². The molecule has 1 aliphatic carbocycles. The molecule has 7 heteroatoms. The predicted octanol–water partition coefficient (Wildman–Crippen LogP) is 2.09. The van der Waals surface area contributed by atoms with Crippen molar-refractivity contribution in [1.29, 1.82) is 0 Å². The Bertz CT molecular complexity index is 1000. The van der Waals surface area contributed by atoms with E-state index in [1.165, 1.54) is 0 Å². The Labute approximate surface area is 181 Å². The number of rotatable bonds is 5. The number of ketones is 2. The molecule has 1 N–H and O–H groups in total. The fourth-order valence-electron chi connectivity index (χ4n) is 5.94. The minimum Gasteiger partial charge on any atom is -0.461 e. The summed E-state index contributed by atoms with van der Waals surface area (Å²) in [5, 5.41) is 0. The van der Waals surface area contributed by atoms with Gasteiger partial charge in [-0.2, -0.15) is 0 Å². The van der Waals surface area contributed by atoms with Crippen molar-refractivity contribution in [2.75, 3.05) is 6.61 Å². The molecular weight excluding hydrogens is 398 g/mol. The standard InChI is InChI=1S/C24H27NO6/c1-5-11-8-10(4)9-12(6-2)13(11)14-19(26)15-16(20(14)27)22-23-17(21(15)30-22)18(25-31-23)24(28)29-7-3/h8-9,14-16,21-23,25H,5-7H2,1-4H3/t14?,15-,16+,21+,22-,23?/m0/s1. The molecule has 0 amide bonds. The number of Topliss-reactive ketones (excluding diaryl/α,β-unsaturated/α-hetero) is 2. The number of hydrogen-bond acceptors (Lipinski definition) is 7. The Kier molecular flexibility index (Phi) is 4.79. The largest absolute Gasteiger partial charge is 0.461 e. The molecule has 6 atom stereocenters. The van der Waals surface area contributed by atoms with Crippen LogP contribution in [0.4, 0.5) is 0 Å². The van der Waals surface area contributed by atoms with Crippen molar-refractivity contribution >= 4 is 17.5 Å². The number of benzene rings is 1. The van der Waals surface area contributed by atoms with Gasteiger partial charge in [0.15, 0.2) is 17.3 Å². The number of carbonyl (C=O) groups excluding carboxylic acids is 3. The van der Waals surface area contributed by atoms with Crippen LogP contribution in [0.2, 0.25) is 0 Å². The number of aryl methyl sites for hydroxylation is 3. The highest BCUT2D eigenvalue weighted by Gasteiger charge is 2.70. The molecule has 5 rings (SSSR count). The molecule has 1 aromatic carbocycles. The summed E-state index contributed by atoms with van der Waals surface area (Å²) in [4.78, 5) is 45.3. The maximum absolute atomic E-state index is 13.7. The number of ether oxygens (including phenoxy) is 2. The van der Waals surface area contributed by atoms with Crippen molar-refractivity contribution in [1.82, 2.24) is 5.48 Å². The smallest absolute Gasteiger partial charge is 0.356 e. The van der Waals surface area contributed by atoms with Crippen LogP contribution in [0.1, 0.15) is 48.9 Å². The number of fused-ring (bicyclic) bond motifs is 8. The van der Waals surface area contributed by atoms with Gasteiger partial charge in [-0.25, -0.2) is 4.79 Å². The van der Waals surface area contributed by atoms with E-state index < -0.39 is 42.0 Å². The maximum Gasteiger partial charge on any atom is 0.356 e. The highest BCUT2D eigenvalue weighted by molar-refractivity contribution is 6.17. The van der Waals surface area contributed by atoms with Gasteiger partial charge in [0.05, 0.1) is 24.5 Å². The first-order chi connectivity index (χ1) is 14.9. The van der Waals surface area contributed by atoms with Crippen LogP contribution in [0.25, 0.3) is 0 Å². The van der Waals surface area contributed by atoms with Gasteiger partial charge in [0, 0.05) is 5.57 Å². The van der Waals surface area contributed by atoms with Gasteiger partial charge in [-0.3, -0.25) is 19.9 Å². The first-order valence-corrected chi connectivity index (χ1v) is 11.1. The molecule has 31 heavy (non-hydrogen) atoms. The van der Waals surface area contributed by atoms with Gasteiger partial charge in [-0.05, 0) is 43.4 Å². The number of esters is 1. The quantitative estimate of drug-likeness (QED) is 0.571. The van der Waals surface area contributed by atoms with Crippen molar-refractivity contribution in [3.63, 3.8) is 0 Å². The van der Waals surface area contributed by atoms with Crippen LogP contribution in [0, 0.1) is 18.8 Å². The van der Waals surface area contributed by atoms with E-state index in [1.54, 1.807) is 6.92 Å². The lowest BCUT2D eigenvalue weighted by molar-refractivity contribution is -0.141. The summed E-state index contributed by atoms with van der Waals surface area (Å²) in [6.45, 7) is 8.10. The van der Waals surface area contributed by atoms with Crippen LogP contribution >= 0.6 is 0 Å². The zero-order chi connectivity index (χ0) is 22.0. The second-order valence-corrected chi connectivity index (χ2v) is 8.71. The Hall–Kier alpha value is -2.51. The molecule has 2 bridgehead atoms. The van der Waals surface area contributed by atoms with Crippen molar-refractivity contribution < 1.29 is 28.7 Å². The van der Waals surface area contributed by atoms with Crippen LogP contribution in [0.3, 0.4) is 0 Å². The third-order valence-electron chi connectivity index (χ3n) is 7.11. The molecule has 2 unspecified atom stereocenters. The van der Waals surface area contributed by atoms with Gasteiger partial charge in [-0.15, -0.1) is 0 Å². The van der Waals surface area contributed by atoms with Crippen LogP contribution in [0.15, 0.2) is 23.4 Å². The van der Waals surface area contributed by atoms with Crippen molar-refractivity contribution in [3.8, 4) is 0 Å². The van der Waals surface area contributed by atoms with Gasteiger partial charge in [0.2, 0.25) is 0 Å². The maximum atomic E-state index is 13.7. The lowest BCUT2D eigenvalue weighted by Gasteiger charge is -2.23. The van der Waals surface area contributed by atoms with E-state index in [9.17, 15) is 14.4 Å². The van der Waals surface area contributed by atoms with Crippen molar-refractivity contribution in [3.05, 3.63) is 45.7 Å². The number of nitrogens with one attached hydrogen (secondary N) is 1. The summed E-state index contributed by atoms with van der Waals surface area (Å²) in [6, 6.07) is 4.16. The zero-order valence-electron chi connectivity index (χ0n) is 18.2. The Morgan fingerprint density at radius 3 is 2.29 bits per heavy atom. The summed E-state index contributed by atoms with van der Waals surface area (Å²) >= 11 is 0.